The molecule has 0 aliphatic heterocycles. The van der Waals surface area contributed by atoms with Crippen LogP contribution in [0.25, 0.3) is 0 Å². The van der Waals surface area contributed by atoms with E-state index in [0.717, 1.165) is 31.5 Å². The zero-order valence-corrected chi connectivity index (χ0v) is 14.0. The Morgan fingerprint density at radius 1 is 1.19 bits per heavy atom. The molecule has 1 fully saturated rings. The quantitative estimate of drug-likeness (QED) is 0.855. The van der Waals surface area contributed by atoms with Crippen LogP contribution in [0.4, 0.5) is 0 Å². The summed E-state index contributed by atoms with van der Waals surface area (Å²) in [7, 11) is 0. The Balaban J connectivity index is 2.07. The molecule has 0 spiro atoms. The van der Waals surface area contributed by atoms with Gasteiger partial charge in [-0.1, -0.05) is 51.1 Å². The van der Waals surface area contributed by atoms with E-state index < -0.39 is 0 Å². The van der Waals surface area contributed by atoms with Crippen molar-refractivity contribution in [3.05, 3.63) is 35.9 Å². The van der Waals surface area contributed by atoms with Crippen LogP contribution in [-0.4, -0.2) is 23.5 Å². The molecule has 0 aromatic heterocycles. The lowest BCUT2D eigenvalue weighted by Gasteiger charge is -2.48. The van der Waals surface area contributed by atoms with E-state index in [1.165, 1.54) is 31.2 Å². The van der Waals surface area contributed by atoms with E-state index in [0.29, 0.717) is 0 Å². The molecule has 0 amide bonds. The van der Waals surface area contributed by atoms with Crippen LogP contribution in [0.3, 0.4) is 0 Å². The van der Waals surface area contributed by atoms with Crippen LogP contribution in [-0.2, 0) is 6.54 Å². The topological polar surface area (TPSA) is 29.3 Å². The number of likely N-dealkylation sites (N-methyl/N-ethyl adjacent to an activating group) is 1. The van der Waals surface area contributed by atoms with Crippen molar-refractivity contribution in [1.29, 1.82) is 0 Å². The number of hydrogen-bond donors (Lipinski definition) is 1. The Morgan fingerprint density at radius 2 is 1.81 bits per heavy atom. The molecule has 118 valence electrons. The van der Waals surface area contributed by atoms with Gasteiger partial charge in [-0.2, -0.15) is 0 Å². The first-order valence-corrected chi connectivity index (χ1v) is 8.60. The lowest BCUT2D eigenvalue weighted by molar-refractivity contribution is 0.0324. The Morgan fingerprint density at radius 3 is 2.29 bits per heavy atom. The summed E-state index contributed by atoms with van der Waals surface area (Å²) in [6.07, 6.45) is 5.18. The molecule has 0 unspecified atom stereocenters. The third kappa shape index (κ3) is 3.87. The summed E-state index contributed by atoms with van der Waals surface area (Å²) in [6.45, 7) is 9.90. The summed E-state index contributed by atoms with van der Waals surface area (Å²) < 4.78 is 0. The van der Waals surface area contributed by atoms with Gasteiger partial charge in [-0.25, -0.2) is 0 Å². The minimum absolute atomic E-state index is 0.218. The van der Waals surface area contributed by atoms with Crippen LogP contribution in [0.5, 0.6) is 0 Å². The highest BCUT2D eigenvalue weighted by atomic mass is 15.2. The van der Waals surface area contributed by atoms with Crippen molar-refractivity contribution in [1.82, 2.24) is 4.90 Å². The first-order valence-electron chi connectivity index (χ1n) is 8.60. The van der Waals surface area contributed by atoms with Crippen molar-refractivity contribution < 1.29 is 0 Å². The van der Waals surface area contributed by atoms with Crippen LogP contribution in [0.2, 0.25) is 0 Å². The fourth-order valence-corrected chi connectivity index (χ4v) is 3.91. The van der Waals surface area contributed by atoms with Crippen molar-refractivity contribution in [3.8, 4) is 0 Å². The van der Waals surface area contributed by atoms with E-state index in [1.807, 2.05) is 0 Å². The number of nitrogens with two attached hydrogens (primary N) is 1. The monoisotopic (exact) mass is 288 g/mol. The molecular weight excluding hydrogens is 256 g/mol. The number of benzene rings is 1. The maximum absolute atomic E-state index is 6.25. The molecule has 1 aliphatic carbocycles. The third-order valence-electron chi connectivity index (χ3n) is 5.55. The smallest absolute Gasteiger partial charge is 0.0335 e. The molecule has 0 bridgehead atoms. The van der Waals surface area contributed by atoms with Crippen molar-refractivity contribution in [3.63, 3.8) is 0 Å². The predicted octanol–water partition coefficient (Wildman–Crippen LogP) is 4.05. The molecule has 0 radical (unpaired) electrons. The third-order valence-corrected chi connectivity index (χ3v) is 5.55. The average Bonchev–Trinajstić information content (AvgIpc) is 2.53. The second-order valence-corrected chi connectivity index (χ2v) is 7.01. The van der Waals surface area contributed by atoms with Crippen LogP contribution < -0.4 is 5.73 Å². The van der Waals surface area contributed by atoms with Crippen LogP contribution in [0, 0.1) is 11.8 Å². The summed E-state index contributed by atoms with van der Waals surface area (Å²) in [5.41, 5.74) is 7.87. The number of rotatable bonds is 6. The molecule has 2 heteroatoms. The van der Waals surface area contributed by atoms with E-state index in [4.69, 9.17) is 5.73 Å². The zero-order valence-electron chi connectivity index (χ0n) is 14.0. The molecule has 0 heterocycles. The van der Waals surface area contributed by atoms with Crippen LogP contribution >= 0.6 is 0 Å². The SMILES string of the molecule is CCN(Cc1ccccc1)C1(CN)CCC(C(C)C)CC1. The van der Waals surface area contributed by atoms with Gasteiger partial charge in [0.25, 0.3) is 0 Å². The molecule has 0 atom stereocenters. The Bertz CT molecular complexity index is 405. The predicted molar refractivity (Wildman–Crippen MR) is 91.1 cm³/mol. The van der Waals surface area contributed by atoms with Crippen molar-refractivity contribution >= 4 is 0 Å². The molecule has 1 aromatic rings. The van der Waals surface area contributed by atoms with Crippen molar-refractivity contribution in [2.45, 2.75) is 58.5 Å². The highest BCUT2D eigenvalue weighted by Crippen LogP contribution is 2.39. The molecular formula is C19H32N2. The minimum Gasteiger partial charge on any atom is -0.329 e. The van der Waals surface area contributed by atoms with Gasteiger partial charge in [0.1, 0.15) is 0 Å². The molecule has 0 saturated heterocycles. The minimum atomic E-state index is 0.218. The first kappa shape index (κ1) is 16.5. The van der Waals surface area contributed by atoms with E-state index in [-0.39, 0.29) is 5.54 Å². The van der Waals surface area contributed by atoms with Gasteiger partial charge in [0.05, 0.1) is 0 Å². The highest BCUT2D eigenvalue weighted by molar-refractivity contribution is 5.15. The second kappa shape index (κ2) is 7.42. The van der Waals surface area contributed by atoms with E-state index in [1.54, 1.807) is 0 Å². The lowest BCUT2D eigenvalue weighted by Crippen LogP contribution is -2.55. The summed E-state index contributed by atoms with van der Waals surface area (Å²) in [5.74, 6) is 1.70. The molecule has 2 N–H and O–H groups in total. The Hall–Kier alpha value is -0.860. The molecule has 1 aliphatic rings. The fourth-order valence-electron chi connectivity index (χ4n) is 3.91. The van der Waals surface area contributed by atoms with E-state index in [9.17, 15) is 0 Å². The van der Waals surface area contributed by atoms with Crippen molar-refractivity contribution in [2.75, 3.05) is 13.1 Å². The van der Waals surface area contributed by atoms with Gasteiger partial charge in [-0.3, -0.25) is 4.90 Å². The molecule has 1 aromatic carbocycles. The van der Waals surface area contributed by atoms with Crippen LogP contribution in [0.15, 0.2) is 30.3 Å². The normalized spacial score (nSPS) is 26.5. The van der Waals surface area contributed by atoms with Gasteiger partial charge >= 0.3 is 0 Å². The molecule has 2 nitrogen and oxygen atoms in total. The fraction of sp³-hybridized carbons (Fsp3) is 0.684. The number of hydrogen-bond acceptors (Lipinski definition) is 2. The van der Waals surface area contributed by atoms with Gasteiger partial charge in [-0.05, 0) is 49.6 Å². The van der Waals surface area contributed by atoms with Gasteiger partial charge in [0.15, 0.2) is 0 Å². The summed E-state index contributed by atoms with van der Waals surface area (Å²) in [4.78, 5) is 2.62. The first-order chi connectivity index (χ1) is 10.1. The zero-order chi connectivity index (χ0) is 15.3. The maximum Gasteiger partial charge on any atom is 0.0335 e. The van der Waals surface area contributed by atoms with Gasteiger partial charge in [-0.15, -0.1) is 0 Å². The lowest BCUT2D eigenvalue weighted by atomic mass is 9.72. The summed E-state index contributed by atoms with van der Waals surface area (Å²) >= 11 is 0. The maximum atomic E-state index is 6.25. The largest absolute Gasteiger partial charge is 0.329 e. The standard InChI is InChI=1S/C19H32N2/c1-4-21(14-17-8-6-5-7-9-17)19(15-20)12-10-18(11-13-19)16(2)3/h5-9,16,18H,4,10-15,20H2,1-3H3. The summed E-state index contributed by atoms with van der Waals surface area (Å²) in [6, 6.07) is 10.8. The molecule has 21 heavy (non-hydrogen) atoms. The average molecular weight is 288 g/mol. The number of nitrogens with zero attached hydrogens (tertiary/aromatic N) is 1. The second-order valence-electron chi connectivity index (χ2n) is 7.01. The Kier molecular flexibility index (Phi) is 5.83. The van der Waals surface area contributed by atoms with Crippen molar-refractivity contribution in [2.24, 2.45) is 17.6 Å². The van der Waals surface area contributed by atoms with E-state index in [2.05, 4.69) is 56.0 Å². The van der Waals surface area contributed by atoms with Gasteiger partial charge in [0.2, 0.25) is 0 Å². The van der Waals surface area contributed by atoms with Gasteiger partial charge in [0, 0.05) is 18.6 Å². The Labute approximate surface area is 130 Å². The summed E-state index contributed by atoms with van der Waals surface area (Å²) in [5, 5.41) is 0. The molecule has 2 rings (SSSR count). The molecule has 1 saturated carbocycles. The highest BCUT2D eigenvalue weighted by Gasteiger charge is 2.39. The van der Waals surface area contributed by atoms with E-state index >= 15 is 0 Å². The van der Waals surface area contributed by atoms with Gasteiger partial charge < -0.3 is 5.73 Å². The van der Waals surface area contributed by atoms with Crippen LogP contribution in [0.1, 0.15) is 52.0 Å².